The summed E-state index contributed by atoms with van der Waals surface area (Å²) >= 11 is 6.24. The molecular formula is C25H21ClN4O3S. The van der Waals surface area contributed by atoms with Crippen LogP contribution in [0, 0.1) is 13.8 Å². The number of carbonyl (C=O) groups is 1. The van der Waals surface area contributed by atoms with Gasteiger partial charge in [0.1, 0.15) is 5.15 Å². The number of nitrogens with one attached hydrogen (secondary N) is 2. The first-order valence-corrected chi connectivity index (χ1v) is 12.2. The normalized spacial score (nSPS) is 11.6. The van der Waals surface area contributed by atoms with Crippen molar-refractivity contribution in [2.75, 3.05) is 4.72 Å². The van der Waals surface area contributed by atoms with E-state index in [1.54, 1.807) is 12.1 Å². The lowest BCUT2D eigenvalue weighted by atomic mass is 10.1. The molecule has 0 aliphatic heterocycles. The van der Waals surface area contributed by atoms with Crippen molar-refractivity contribution < 1.29 is 13.2 Å². The third kappa shape index (κ3) is 5.41. The van der Waals surface area contributed by atoms with Gasteiger partial charge < -0.3 is 0 Å². The average molecular weight is 493 g/mol. The van der Waals surface area contributed by atoms with Crippen LogP contribution < -0.4 is 10.1 Å². The van der Waals surface area contributed by atoms with Crippen molar-refractivity contribution in [2.45, 2.75) is 18.7 Å². The minimum absolute atomic E-state index is 0.159. The summed E-state index contributed by atoms with van der Waals surface area (Å²) in [6.07, 6.45) is 1.43. The predicted octanol–water partition coefficient (Wildman–Crippen LogP) is 5.07. The fourth-order valence-corrected chi connectivity index (χ4v) is 4.46. The van der Waals surface area contributed by atoms with Gasteiger partial charge in [-0.25, -0.2) is 18.8 Å². The van der Waals surface area contributed by atoms with Crippen molar-refractivity contribution in [3.8, 4) is 0 Å². The number of carbonyl (C=O) groups excluding carboxylic acids is 1. The van der Waals surface area contributed by atoms with Crippen molar-refractivity contribution >= 4 is 50.3 Å². The van der Waals surface area contributed by atoms with E-state index in [0.29, 0.717) is 16.8 Å². The zero-order valence-electron chi connectivity index (χ0n) is 18.4. The minimum atomic E-state index is -3.72. The summed E-state index contributed by atoms with van der Waals surface area (Å²) < 4.78 is 27.5. The molecule has 4 rings (SSSR count). The van der Waals surface area contributed by atoms with Crippen LogP contribution in [-0.4, -0.2) is 25.5 Å². The second kappa shape index (κ2) is 9.62. The fourth-order valence-electron chi connectivity index (χ4n) is 3.21. The summed E-state index contributed by atoms with van der Waals surface area (Å²) in [6.45, 7) is 3.86. The van der Waals surface area contributed by atoms with E-state index in [2.05, 4.69) is 20.2 Å². The molecule has 0 aliphatic carbocycles. The number of sulfonamides is 1. The summed E-state index contributed by atoms with van der Waals surface area (Å²) in [5, 5.41) is 5.16. The molecule has 0 bridgehead atoms. The van der Waals surface area contributed by atoms with Crippen LogP contribution in [0.3, 0.4) is 0 Å². The van der Waals surface area contributed by atoms with Crippen LogP contribution in [0.2, 0.25) is 5.15 Å². The van der Waals surface area contributed by atoms with Crippen LogP contribution in [0.5, 0.6) is 0 Å². The van der Waals surface area contributed by atoms with E-state index in [0.717, 1.165) is 22.0 Å². The van der Waals surface area contributed by atoms with Crippen molar-refractivity contribution in [1.29, 1.82) is 0 Å². The smallest absolute Gasteiger partial charge is 0.271 e. The van der Waals surface area contributed by atoms with Crippen LogP contribution >= 0.6 is 11.6 Å². The molecule has 172 valence electrons. The fraction of sp³-hybridized carbons (Fsp3) is 0.0800. The second-order valence-electron chi connectivity index (χ2n) is 7.76. The zero-order chi connectivity index (χ0) is 24.3. The average Bonchev–Trinajstić information content (AvgIpc) is 2.80. The molecule has 0 unspecified atom stereocenters. The monoisotopic (exact) mass is 492 g/mol. The lowest BCUT2D eigenvalue weighted by Gasteiger charge is -2.09. The Morgan fingerprint density at radius 2 is 1.62 bits per heavy atom. The molecule has 1 aromatic heterocycles. The van der Waals surface area contributed by atoms with Gasteiger partial charge in [-0.15, -0.1) is 0 Å². The molecule has 0 aliphatic rings. The number of nitrogens with zero attached hydrogens (tertiary/aromatic N) is 2. The number of hydrogen-bond donors (Lipinski definition) is 2. The Hall–Kier alpha value is -3.75. The highest BCUT2D eigenvalue weighted by atomic mass is 35.5. The van der Waals surface area contributed by atoms with Gasteiger partial charge in [0.2, 0.25) is 0 Å². The van der Waals surface area contributed by atoms with Crippen LogP contribution in [0.25, 0.3) is 10.9 Å². The number of pyridine rings is 1. The predicted molar refractivity (Wildman–Crippen MR) is 135 cm³/mol. The number of amides is 1. The van der Waals surface area contributed by atoms with Crippen LogP contribution in [0.15, 0.2) is 82.8 Å². The molecular weight excluding hydrogens is 472 g/mol. The number of rotatable bonds is 6. The first kappa shape index (κ1) is 23.4. The Balaban J connectivity index is 1.41. The number of hydrazone groups is 1. The van der Waals surface area contributed by atoms with E-state index in [9.17, 15) is 13.2 Å². The van der Waals surface area contributed by atoms with Gasteiger partial charge in [-0.05, 0) is 67.9 Å². The van der Waals surface area contributed by atoms with Gasteiger partial charge in [0.15, 0.2) is 0 Å². The summed E-state index contributed by atoms with van der Waals surface area (Å²) in [5.41, 5.74) is 6.48. The molecule has 0 saturated heterocycles. The maximum absolute atomic E-state index is 12.5. The topological polar surface area (TPSA) is 101 Å². The van der Waals surface area contributed by atoms with Crippen molar-refractivity contribution in [3.63, 3.8) is 0 Å². The highest BCUT2D eigenvalue weighted by Gasteiger charge is 2.14. The maximum atomic E-state index is 12.5. The van der Waals surface area contributed by atoms with E-state index in [1.807, 2.05) is 38.1 Å². The number of fused-ring (bicyclic) bond motifs is 1. The van der Waals surface area contributed by atoms with Gasteiger partial charge in [-0.2, -0.15) is 5.10 Å². The van der Waals surface area contributed by atoms with E-state index in [4.69, 9.17) is 11.6 Å². The molecule has 0 radical (unpaired) electrons. The molecule has 4 aromatic rings. The first-order chi connectivity index (χ1) is 16.2. The third-order valence-electron chi connectivity index (χ3n) is 5.05. The van der Waals surface area contributed by atoms with Crippen molar-refractivity contribution in [1.82, 2.24) is 10.4 Å². The largest absolute Gasteiger partial charge is 0.280 e. The Morgan fingerprint density at radius 3 is 2.32 bits per heavy atom. The van der Waals surface area contributed by atoms with E-state index in [1.165, 1.54) is 42.6 Å². The van der Waals surface area contributed by atoms with Gasteiger partial charge in [0.25, 0.3) is 15.9 Å². The SMILES string of the molecule is Cc1ccc(S(=O)(=O)Nc2ccc(C(=O)NN=Cc3cc4ccc(C)cc4nc3Cl)cc2)cc1. The molecule has 1 heterocycles. The van der Waals surface area contributed by atoms with Crippen LogP contribution in [0.1, 0.15) is 27.0 Å². The van der Waals surface area contributed by atoms with Crippen molar-refractivity contribution in [2.24, 2.45) is 5.10 Å². The molecule has 0 spiro atoms. The molecule has 0 atom stereocenters. The molecule has 9 heteroatoms. The maximum Gasteiger partial charge on any atom is 0.271 e. The number of benzene rings is 3. The lowest BCUT2D eigenvalue weighted by molar-refractivity contribution is 0.0955. The molecule has 2 N–H and O–H groups in total. The Kier molecular flexibility index (Phi) is 6.63. The minimum Gasteiger partial charge on any atom is -0.280 e. The van der Waals surface area contributed by atoms with Crippen LogP contribution in [-0.2, 0) is 10.0 Å². The first-order valence-electron chi connectivity index (χ1n) is 10.3. The standard InChI is InChI=1S/C25H21ClN4O3S/c1-16-4-11-22(12-5-16)34(32,33)30-21-9-7-18(8-10-21)25(31)29-27-15-20-14-19-6-3-17(2)13-23(19)28-24(20)26/h3-15,30H,1-2H3,(H,29,31). The molecule has 0 fully saturated rings. The summed E-state index contributed by atoms with van der Waals surface area (Å²) in [5.74, 6) is -0.454. The van der Waals surface area contributed by atoms with E-state index < -0.39 is 15.9 Å². The molecule has 0 saturated carbocycles. The van der Waals surface area contributed by atoms with Gasteiger partial charge in [0.05, 0.1) is 16.6 Å². The summed E-state index contributed by atoms with van der Waals surface area (Å²) in [6, 6.07) is 20.3. The Morgan fingerprint density at radius 1 is 0.941 bits per heavy atom. The second-order valence-corrected chi connectivity index (χ2v) is 9.80. The Bertz CT molecular complexity index is 1500. The number of halogens is 1. The Labute approximate surface area is 202 Å². The highest BCUT2D eigenvalue weighted by Crippen LogP contribution is 2.21. The molecule has 34 heavy (non-hydrogen) atoms. The lowest BCUT2D eigenvalue weighted by Crippen LogP contribution is -2.18. The summed E-state index contributed by atoms with van der Waals surface area (Å²) in [7, 11) is -3.72. The molecule has 7 nitrogen and oxygen atoms in total. The van der Waals surface area contributed by atoms with Crippen LogP contribution in [0.4, 0.5) is 5.69 Å². The van der Waals surface area contributed by atoms with Gasteiger partial charge >= 0.3 is 0 Å². The number of hydrogen-bond acceptors (Lipinski definition) is 5. The van der Waals surface area contributed by atoms with E-state index >= 15 is 0 Å². The number of aromatic nitrogens is 1. The third-order valence-corrected chi connectivity index (χ3v) is 6.75. The quantitative estimate of drug-likeness (QED) is 0.223. The van der Waals surface area contributed by atoms with Gasteiger partial charge in [-0.1, -0.05) is 41.4 Å². The number of anilines is 1. The summed E-state index contributed by atoms with van der Waals surface area (Å²) in [4.78, 5) is 16.9. The van der Waals surface area contributed by atoms with Gasteiger partial charge in [0, 0.05) is 22.2 Å². The molecule has 1 amide bonds. The molecule has 3 aromatic carbocycles. The van der Waals surface area contributed by atoms with E-state index in [-0.39, 0.29) is 10.0 Å². The van der Waals surface area contributed by atoms with Crippen molar-refractivity contribution in [3.05, 3.63) is 100 Å². The zero-order valence-corrected chi connectivity index (χ0v) is 20.0. The van der Waals surface area contributed by atoms with Gasteiger partial charge in [-0.3, -0.25) is 9.52 Å². The number of aryl methyl sites for hydroxylation is 2. The highest BCUT2D eigenvalue weighted by molar-refractivity contribution is 7.92.